The highest BCUT2D eigenvalue weighted by atomic mass is 16.5. The zero-order valence-electron chi connectivity index (χ0n) is 10.1. The molecule has 6 nitrogen and oxygen atoms in total. The number of nitrogens with one attached hydrogen (secondary N) is 2. The van der Waals surface area contributed by atoms with Crippen molar-refractivity contribution in [2.45, 2.75) is 12.6 Å². The molecule has 0 aliphatic rings. The van der Waals surface area contributed by atoms with Crippen LogP contribution in [0.5, 0.6) is 0 Å². The van der Waals surface area contributed by atoms with Crippen molar-refractivity contribution in [2.75, 3.05) is 13.7 Å². The molecule has 0 saturated heterocycles. The minimum Gasteiger partial charge on any atom is -0.479 e. The molecule has 6 heteroatoms. The summed E-state index contributed by atoms with van der Waals surface area (Å²) >= 11 is 0. The Hall–Kier alpha value is -2.08. The zero-order chi connectivity index (χ0) is 13.4. The van der Waals surface area contributed by atoms with Gasteiger partial charge in [-0.15, -0.1) is 0 Å². The van der Waals surface area contributed by atoms with Gasteiger partial charge in [-0.25, -0.2) is 9.59 Å². The minimum absolute atomic E-state index is 0.0769. The number of urea groups is 1. The number of carbonyl (C=O) groups is 2. The normalized spacial score (nSPS) is 11.6. The first-order valence-electron chi connectivity index (χ1n) is 5.44. The van der Waals surface area contributed by atoms with E-state index in [0.717, 1.165) is 5.56 Å². The molecule has 98 valence electrons. The Kier molecular flexibility index (Phi) is 5.66. The highest BCUT2D eigenvalue weighted by Crippen LogP contribution is 1.96. The van der Waals surface area contributed by atoms with Crippen LogP contribution in [0.3, 0.4) is 0 Å². The number of ether oxygens (including phenoxy) is 1. The molecular formula is C12H16N2O4. The summed E-state index contributed by atoms with van der Waals surface area (Å²) in [7, 11) is 1.28. The first kappa shape index (κ1) is 14.0. The smallest absolute Gasteiger partial charge is 0.334 e. The first-order valence-corrected chi connectivity index (χ1v) is 5.44. The summed E-state index contributed by atoms with van der Waals surface area (Å²) < 4.78 is 4.68. The fourth-order valence-electron chi connectivity index (χ4n) is 1.30. The SMILES string of the molecule is COC(CNC(=O)NCc1ccccc1)C(=O)O. The van der Waals surface area contributed by atoms with Crippen LogP contribution < -0.4 is 10.6 Å². The molecule has 0 saturated carbocycles. The van der Waals surface area contributed by atoms with Crippen molar-refractivity contribution in [3.8, 4) is 0 Å². The van der Waals surface area contributed by atoms with E-state index in [-0.39, 0.29) is 6.54 Å². The van der Waals surface area contributed by atoms with E-state index < -0.39 is 18.1 Å². The van der Waals surface area contributed by atoms with Gasteiger partial charge >= 0.3 is 12.0 Å². The number of hydrogen-bond acceptors (Lipinski definition) is 3. The Bertz CT molecular complexity index is 394. The van der Waals surface area contributed by atoms with Crippen LogP contribution in [-0.2, 0) is 16.1 Å². The van der Waals surface area contributed by atoms with Gasteiger partial charge in [0.2, 0.25) is 0 Å². The van der Waals surface area contributed by atoms with Gasteiger partial charge in [-0.05, 0) is 5.56 Å². The van der Waals surface area contributed by atoms with Crippen LogP contribution in [0.2, 0.25) is 0 Å². The standard InChI is InChI=1S/C12H16N2O4/c1-18-10(11(15)16)8-14-12(17)13-7-9-5-3-2-4-6-9/h2-6,10H,7-8H2,1H3,(H,15,16)(H2,13,14,17). The summed E-state index contributed by atoms with van der Waals surface area (Å²) in [6, 6.07) is 8.98. The van der Waals surface area contributed by atoms with Crippen molar-refractivity contribution in [2.24, 2.45) is 0 Å². The number of carbonyl (C=O) groups excluding carboxylic acids is 1. The van der Waals surface area contributed by atoms with E-state index >= 15 is 0 Å². The number of methoxy groups -OCH3 is 1. The van der Waals surface area contributed by atoms with E-state index in [2.05, 4.69) is 15.4 Å². The lowest BCUT2D eigenvalue weighted by molar-refractivity contribution is -0.147. The van der Waals surface area contributed by atoms with Gasteiger partial charge in [0, 0.05) is 13.7 Å². The molecule has 0 aromatic heterocycles. The molecule has 1 rings (SSSR count). The summed E-state index contributed by atoms with van der Waals surface area (Å²) in [5.41, 5.74) is 0.967. The highest BCUT2D eigenvalue weighted by molar-refractivity contribution is 5.76. The van der Waals surface area contributed by atoms with E-state index in [1.54, 1.807) is 0 Å². The Balaban J connectivity index is 2.28. The van der Waals surface area contributed by atoms with Crippen molar-refractivity contribution < 1.29 is 19.4 Å². The Morgan fingerprint density at radius 3 is 2.50 bits per heavy atom. The molecule has 0 aliphatic heterocycles. The van der Waals surface area contributed by atoms with Gasteiger partial charge in [-0.3, -0.25) is 0 Å². The van der Waals surface area contributed by atoms with E-state index in [1.807, 2.05) is 30.3 Å². The number of benzene rings is 1. The topological polar surface area (TPSA) is 87.7 Å². The molecule has 2 amide bonds. The first-order chi connectivity index (χ1) is 8.63. The minimum atomic E-state index is -1.11. The van der Waals surface area contributed by atoms with Crippen LogP contribution in [0.25, 0.3) is 0 Å². The van der Waals surface area contributed by atoms with Crippen LogP contribution in [0.1, 0.15) is 5.56 Å². The second-order valence-electron chi connectivity index (χ2n) is 3.61. The maximum Gasteiger partial charge on any atom is 0.334 e. The summed E-state index contributed by atoms with van der Waals surface area (Å²) in [5, 5.41) is 13.7. The van der Waals surface area contributed by atoms with Crippen LogP contribution in [-0.4, -0.2) is 36.9 Å². The van der Waals surface area contributed by atoms with Gasteiger partial charge in [0.25, 0.3) is 0 Å². The summed E-state index contributed by atoms with van der Waals surface area (Å²) in [6.07, 6.45) is -1.03. The van der Waals surface area contributed by atoms with Crippen LogP contribution in [0.4, 0.5) is 4.79 Å². The molecule has 1 unspecified atom stereocenters. The molecule has 18 heavy (non-hydrogen) atoms. The largest absolute Gasteiger partial charge is 0.479 e. The summed E-state index contributed by atoms with van der Waals surface area (Å²) in [4.78, 5) is 22.0. The lowest BCUT2D eigenvalue weighted by Crippen LogP contribution is -2.42. The van der Waals surface area contributed by atoms with E-state index in [9.17, 15) is 9.59 Å². The molecule has 0 bridgehead atoms. The Morgan fingerprint density at radius 2 is 1.94 bits per heavy atom. The van der Waals surface area contributed by atoms with Crippen molar-refractivity contribution in [3.05, 3.63) is 35.9 Å². The van der Waals surface area contributed by atoms with Gasteiger partial charge in [0.05, 0.1) is 6.54 Å². The lowest BCUT2D eigenvalue weighted by Gasteiger charge is -2.12. The molecule has 1 aromatic carbocycles. The number of rotatable bonds is 6. The Morgan fingerprint density at radius 1 is 1.28 bits per heavy atom. The predicted molar refractivity (Wildman–Crippen MR) is 65.1 cm³/mol. The zero-order valence-corrected chi connectivity index (χ0v) is 10.1. The number of carboxylic acid groups (broad SMARTS) is 1. The molecule has 3 N–H and O–H groups in total. The third-order valence-corrected chi connectivity index (χ3v) is 2.30. The number of aliphatic carboxylic acids is 1. The molecule has 1 aromatic rings. The molecule has 0 spiro atoms. The third-order valence-electron chi connectivity index (χ3n) is 2.30. The maximum absolute atomic E-state index is 11.4. The number of amides is 2. The van der Waals surface area contributed by atoms with Crippen LogP contribution in [0.15, 0.2) is 30.3 Å². The monoisotopic (exact) mass is 252 g/mol. The van der Waals surface area contributed by atoms with Gasteiger partial charge < -0.3 is 20.5 Å². The maximum atomic E-state index is 11.4. The lowest BCUT2D eigenvalue weighted by atomic mass is 10.2. The summed E-state index contributed by atoms with van der Waals surface area (Å²) in [5.74, 6) is -1.11. The number of hydrogen-bond donors (Lipinski definition) is 3. The molecule has 0 fully saturated rings. The van der Waals surface area contributed by atoms with Crippen molar-refractivity contribution >= 4 is 12.0 Å². The average molecular weight is 252 g/mol. The molecule has 0 aliphatic carbocycles. The van der Waals surface area contributed by atoms with Crippen LogP contribution in [0, 0.1) is 0 Å². The highest BCUT2D eigenvalue weighted by Gasteiger charge is 2.16. The third kappa shape index (κ3) is 4.84. The second kappa shape index (κ2) is 7.29. The average Bonchev–Trinajstić information content (AvgIpc) is 2.38. The molecule has 0 heterocycles. The van der Waals surface area contributed by atoms with Gasteiger partial charge in [-0.1, -0.05) is 30.3 Å². The Labute approximate surface area is 105 Å². The fraction of sp³-hybridized carbons (Fsp3) is 0.333. The van der Waals surface area contributed by atoms with E-state index in [0.29, 0.717) is 6.54 Å². The number of carboxylic acids is 1. The predicted octanol–water partition coefficient (Wildman–Crippen LogP) is 0.585. The van der Waals surface area contributed by atoms with Gasteiger partial charge in [-0.2, -0.15) is 0 Å². The van der Waals surface area contributed by atoms with Crippen LogP contribution >= 0.6 is 0 Å². The van der Waals surface area contributed by atoms with E-state index in [1.165, 1.54) is 7.11 Å². The van der Waals surface area contributed by atoms with Crippen molar-refractivity contribution in [3.63, 3.8) is 0 Å². The second-order valence-corrected chi connectivity index (χ2v) is 3.61. The van der Waals surface area contributed by atoms with E-state index in [4.69, 9.17) is 5.11 Å². The molecule has 0 radical (unpaired) electrons. The quantitative estimate of drug-likeness (QED) is 0.691. The fourth-order valence-corrected chi connectivity index (χ4v) is 1.30. The van der Waals surface area contributed by atoms with Gasteiger partial charge in [0.1, 0.15) is 0 Å². The van der Waals surface area contributed by atoms with Crippen molar-refractivity contribution in [1.29, 1.82) is 0 Å². The summed E-state index contributed by atoms with van der Waals surface area (Å²) in [6.45, 7) is 0.309. The van der Waals surface area contributed by atoms with Crippen molar-refractivity contribution in [1.82, 2.24) is 10.6 Å². The molecule has 1 atom stereocenters. The molecular weight excluding hydrogens is 236 g/mol. The van der Waals surface area contributed by atoms with Gasteiger partial charge in [0.15, 0.2) is 6.10 Å².